The number of urea groups is 1. The molecule has 2 heterocycles. The first-order valence-electron chi connectivity index (χ1n) is 7.50. The lowest BCUT2D eigenvalue weighted by Crippen LogP contribution is -2.55. The number of carbonyl (C=O) groups excluding carboxylic acids is 3. The molecule has 0 bridgehead atoms. The van der Waals surface area contributed by atoms with Gasteiger partial charge in [-0.3, -0.25) is 14.5 Å². The maximum atomic E-state index is 12.6. The second-order valence-electron chi connectivity index (χ2n) is 5.90. The number of amides is 4. The fourth-order valence-electron chi connectivity index (χ4n) is 3.12. The van der Waals surface area contributed by atoms with Crippen LogP contribution in [0.25, 0.3) is 0 Å². The molecule has 3 rings (SSSR count). The molecule has 2 aliphatic heterocycles. The lowest BCUT2D eigenvalue weighted by Gasteiger charge is -2.37. The van der Waals surface area contributed by atoms with E-state index in [4.69, 9.17) is 4.74 Å². The van der Waals surface area contributed by atoms with Gasteiger partial charge in [0.15, 0.2) is 0 Å². The van der Waals surface area contributed by atoms with Gasteiger partial charge < -0.3 is 15.0 Å². The number of likely N-dealkylation sites (tertiary alicyclic amines) is 1. The number of hydrogen-bond acceptors (Lipinski definition) is 4. The Labute approximate surface area is 134 Å². The summed E-state index contributed by atoms with van der Waals surface area (Å²) in [6.45, 7) is 0.853. The standard InChI is InChI=1S/C16H19N3O4/c1-18-14(21)16(17-15(18)22)6-8-19(9-7-16)13(20)11-4-3-5-12(10-11)23-2/h3-5,10H,6-9H2,1-2H3,(H,17,22). The zero-order valence-electron chi connectivity index (χ0n) is 13.2. The Hall–Kier alpha value is -2.57. The van der Waals surface area contributed by atoms with E-state index in [9.17, 15) is 14.4 Å². The normalized spacial score (nSPS) is 19.9. The highest BCUT2D eigenvalue weighted by Gasteiger charge is 2.51. The minimum Gasteiger partial charge on any atom is -0.497 e. The van der Waals surface area contributed by atoms with Crippen LogP contribution in [0.3, 0.4) is 0 Å². The SMILES string of the molecule is COc1cccc(C(=O)N2CCC3(CC2)NC(=O)N(C)C3=O)c1. The van der Waals surface area contributed by atoms with Gasteiger partial charge in [0.2, 0.25) is 0 Å². The number of rotatable bonds is 2. The molecule has 2 aliphatic rings. The molecule has 1 N–H and O–H groups in total. The molecule has 2 fully saturated rings. The monoisotopic (exact) mass is 317 g/mol. The Morgan fingerprint density at radius 1 is 1.26 bits per heavy atom. The van der Waals surface area contributed by atoms with Crippen molar-refractivity contribution in [2.24, 2.45) is 0 Å². The van der Waals surface area contributed by atoms with Crippen molar-refractivity contribution in [2.75, 3.05) is 27.2 Å². The molecular formula is C16H19N3O4. The van der Waals surface area contributed by atoms with Crippen LogP contribution in [0.1, 0.15) is 23.2 Å². The van der Waals surface area contributed by atoms with Crippen LogP contribution in [-0.2, 0) is 4.79 Å². The van der Waals surface area contributed by atoms with E-state index in [1.807, 2.05) is 0 Å². The zero-order chi connectivity index (χ0) is 16.6. The maximum Gasteiger partial charge on any atom is 0.324 e. The van der Waals surface area contributed by atoms with Crippen molar-refractivity contribution < 1.29 is 19.1 Å². The number of likely N-dealkylation sites (N-methyl/N-ethyl adjacent to an activating group) is 1. The first-order chi connectivity index (χ1) is 11.0. The molecule has 2 saturated heterocycles. The zero-order valence-corrected chi connectivity index (χ0v) is 13.2. The van der Waals surface area contributed by atoms with Crippen molar-refractivity contribution in [2.45, 2.75) is 18.4 Å². The summed E-state index contributed by atoms with van der Waals surface area (Å²) in [4.78, 5) is 39.3. The molecule has 0 aliphatic carbocycles. The molecule has 7 heteroatoms. The van der Waals surface area contributed by atoms with Gasteiger partial charge in [-0.25, -0.2) is 4.79 Å². The van der Waals surface area contributed by atoms with Crippen LogP contribution in [0.15, 0.2) is 24.3 Å². The van der Waals surface area contributed by atoms with Gasteiger partial charge in [-0.05, 0) is 31.0 Å². The molecule has 0 saturated carbocycles. The highest BCUT2D eigenvalue weighted by molar-refractivity contribution is 6.07. The van der Waals surface area contributed by atoms with Gasteiger partial charge in [-0.1, -0.05) is 6.07 Å². The predicted octanol–water partition coefficient (Wildman–Crippen LogP) is 0.852. The fraction of sp³-hybridized carbons (Fsp3) is 0.438. The summed E-state index contributed by atoms with van der Waals surface area (Å²) in [5.74, 6) is 0.323. The number of benzene rings is 1. The van der Waals surface area contributed by atoms with Crippen LogP contribution in [0, 0.1) is 0 Å². The number of piperidine rings is 1. The molecule has 7 nitrogen and oxygen atoms in total. The van der Waals surface area contributed by atoms with E-state index in [1.165, 1.54) is 7.05 Å². The molecule has 4 amide bonds. The molecule has 0 atom stereocenters. The van der Waals surface area contributed by atoms with E-state index in [2.05, 4.69) is 5.32 Å². The Morgan fingerprint density at radius 3 is 2.52 bits per heavy atom. The van der Waals surface area contributed by atoms with Crippen LogP contribution < -0.4 is 10.1 Å². The van der Waals surface area contributed by atoms with Gasteiger partial charge in [0.05, 0.1) is 7.11 Å². The summed E-state index contributed by atoms with van der Waals surface area (Å²) in [6.07, 6.45) is 0.856. The van der Waals surface area contributed by atoms with E-state index >= 15 is 0 Å². The summed E-state index contributed by atoms with van der Waals surface area (Å²) in [5.41, 5.74) is -0.295. The summed E-state index contributed by atoms with van der Waals surface area (Å²) in [5, 5.41) is 2.77. The van der Waals surface area contributed by atoms with E-state index in [1.54, 1.807) is 36.3 Å². The van der Waals surface area contributed by atoms with Gasteiger partial charge in [0.25, 0.3) is 11.8 Å². The first-order valence-corrected chi connectivity index (χ1v) is 7.50. The maximum absolute atomic E-state index is 12.6. The van der Waals surface area contributed by atoms with Gasteiger partial charge >= 0.3 is 6.03 Å². The minimum atomic E-state index is -0.850. The second kappa shape index (κ2) is 5.57. The molecule has 0 aromatic heterocycles. The summed E-state index contributed by atoms with van der Waals surface area (Å²) in [7, 11) is 3.03. The van der Waals surface area contributed by atoms with Crippen molar-refractivity contribution in [3.63, 3.8) is 0 Å². The van der Waals surface area contributed by atoms with Crippen molar-refractivity contribution in [1.82, 2.24) is 15.1 Å². The van der Waals surface area contributed by atoms with E-state index in [0.717, 1.165) is 4.90 Å². The molecule has 1 spiro atoms. The molecular weight excluding hydrogens is 298 g/mol. The third-order valence-corrected chi connectivity index (χ3v) is 4.59. The number of methoxy groups -OCH3 is 1. The fourth-order valence-corrected chi connectivity index (χ4v) is 3.12. The number of nitrogens with zero attached hydrogens (tertiary/aromatic N) is 2. The lowest BCUT2D eigenvalue weighted by atomic mass is 9.87. The lowest BCUT2D eigenvalue weighted by molar-refractivity contribution is -0.131. The van der Waals surface area contributed by atoms with E-state index < -0.39 is 5.54 Å². The molecule has 0 unspecified atom stereocenters. The summed E-state index contributed by atoms with van der Waals surface area (Å²) in [6, 6.07) is 6.62. The van der Waals surface area contributed by atoms with E-state index in [0.29, 0.717) is 37.2 Å². The number of nitrogens with one attached hydrogen (secondary N) is 1. The summed E-state index contributed by atoms with van der Waals surface area (Å²) >= 11 is 0. The second-order valence-corrected chi connectivity index (χ2v) is 5.90. The average molecular weight is 317 g/mol. The number of ether oxygens (including phenoxy) is 1. The molecule has 23 heavy (non-hydrogen) atoms. The van der Waals surface area contributed by atoms with Gasteiger partial charge in [0.1, 0.15) is 11.3 Å². The van der Waals surface area contributed by atoms with Crippen LogP contribution in [-0.4, -0.2) is 60.4 Å². The highest BCUT2D eigenvalue weighted by atomic mass is 16.5. The third-order valence-electron chi connectivity index (χ3n) is 4.59. The Bertz CT molecular complexity index is 665. The van der Waals surface area contributed by atoms with Crippen LogP contribution >= 0.6 is 0 Å². The topological polar surface area (TPSA) is 79.0 Å². The van der Waals surface area contributed by atoms with E-state index in [-0.39, 0.29) is 17.8 Å². The predicted molar refractivity (Wildman–Crippen MR) is 82.2 cm³/mol. The highest BCUT2D eigenvalue weighted by Crippen LogP contribution is 2.29. The summed E-state index contributed by atoms with van der Waals surface area (Å²) < 4.78 is 5.14. The van der Waals surface area contributed by atoms with Gasteiger partial charge in [0, 0.05) is 25.7 Å². The molecule has 1 aromatic carbocycles. The Kier molecular flexibility index (Phi) is 3.71. The van der Waals surface area contributed by atoms with Crippen molar-refractivity contribution >= 4 is 17.8 Å². The van der Waals surface area contributed by atoms with Crippen molar-refractivity contribution in [3.05, 3.63) is 29.8 Å². The van der Waals surface area contributed by atoms with Gasteiger partial charge in [-0.15, -0.1) is 0 Å². The van der Waals surface area contributed by atoms with Crippen molar-refractivity contribution in [1.29, 1.82) is 0 Å². The number of carbonyl (C=O) groups is 3. The number of imide groups is 1. The number of hydrogen-bond donors (Lipinski definition) is 1. The van der Waals surface area contributed by atoms with Gasteiger partial charge in [-0.2, -0.15) is 0 Å². The molecule has 0 radical (unpaired) electrons. The quantitative estimate of drug-likeness (QED) is 0.820. The Balaban J connectivity index is 1.70. The Morgan fingerprint density at radius 2 is 1.96 bits per heavy atom. The van der Waals surface area contributed by atoms with Crippen LogP contribution in [0.5, 0.6) is 5.75 Å². The van der Waals surface area contributed by atoms with Crippen LogP contribution in [0.4, 0.5) is 4.79 Å². The van der Waals surface area contributed by atoms with Crippen molar-refractivity contribution in [3.8, 4) is 5.75 Å². The first kappa shape index (κ1) is 15.3. The molecule has 1 aromatic rings. The largest absolute Gasteiger partial charge is 0.497 e. The smallest absolute Gasteiger partial charge is 0.324 e. The minimum absolute atomic E-state index is 0.0936. The van der Waals surface area contributed by atoms with Crippen LogP contribution in [0.2, 0.25) is 0 Å². The molecule has 122 valence electrons. The third kappa shape index (κ3) is 2.52. The average Bonchev–Trinajstić information content (AvgIpc) is 2.79.